The van der Waals surface area contributed by atoms with Crippen molar-refractivity contribution in [1.82, 2.24) is 14.7 Å². The Balaban J connectivity index is 1.89. The van der Waals surface area contributed by atoms with E-state index in [1.165, 1.54) is 0 Å². The van der Waals surface area contributed by atoms with Gasteiger partial charge < -0.3 is 4.90 Å². The summed E-state index contributed by atoms with van der Waals surface area (Å²) in [5.74, 6) is 0.851. The minimum atomic E-state index is -3.10. The molecule has 1 saturated heterocycles. The first-order valence-electron chi connectivity index (χ1n) is 6.12. The summed E-state index contributed by atoms with van der Waals surface area (Å²) in [4.78, 5) is 10.5. The number of hydrogen-bond acceptors (Lipinski definition) is 5. The second kappa shape index (κ2) is 5.62. The third-order valence-electron chi connectivity index (χ3n) is 3.06. The smallest absolute Gasteiger partial charge is 0.225 e. The molecule has 7 heteroatoms. The number of aromatic nitrogens is 2. The van der Waals surface area contributed by atoms with Crippen molar-refractivity contribution in [3.63, 3.8) is 0 Å². The van der Waals surface area contributed by atoms with Crippen molar-refractivity contribution in [1.29, 1.82) is 0 Å². The summed E-state index contributed by atoms with van der Waals surface area (Å²) in [6.45, 7) is 3.21. The first kappa shape index (κ1) is 13.2. The molecule has 1 N–H and O–H groups in total. The Hall–Kier alpha value is -1.21. The van der Waals surface area contributed by atoms with Crippen molar-refractivity contribution in [2.75, 3.05) is 23.7 Å². The Morgan fingerprint density at radius 2 is 1.94 bits per heavy atom. The molecular formula is C11H18N4O2S. The predicted octanol–water partition coefficient (Wildman–Crippen LogP) is 0.385. The van der Waals surface area contributed by atoms with Crippen LogP contribution >= 0.6 is 0 Å². The van der Waals surface area contributed by atoms with Crippen LogP contribution in [0, 0.1) is 0 Å². The summed E-state index contributed by atoms with van der Waals surface area (Å²) in [5.41, 5.74) is 0. The molecule has 0 atom stereocenters. The minimum Gasteiger partial charge on any atom is -0.341 e. The van der Waals surface area contributed by atoms with Crippen LogP contribution in [0.5, 0.6) is 0 Å². The van der Waals surface area contributed by atoms with E-state index in [2.05, 4.69) is 19.6 Å². The Labute approximate surface area is 107 Å². The molecule has 1 aromatic rings. The van der Waals surface area contributed by atoms with Crippen molar-refractivity contribution < 1.29 is 8.42 Å². The topological polar surface area (TPSA) is 75.2 Å². The Morgan fingerprint density at radius 3 is 2.50 bits per heavy atom. The molecule has 6 nitrogen and oxygen atoms in total. The van der Waals surface area contributed by atoms with E-state index in [4.69, 9.17) is 0 Å². The summed E-state index contributed by atoms with van der Waals surface area (Å²) in [5, 5.41) is 0. The summed E-state index contributed by atoms with van der Waals surface area (Å²) in [7, 11) is -3.10. The highest BCUT2D eigenvalue weighted by Crippen LogP contribution is 2.15. The first-order valence-corrected chi connectivity index (χ1v) is 7.78. The molecular weight excluding hydrogens is 252 g/mol. The summed E-state index contributed by atoms with van der Waals surface area (Å²) in [6, 6.07) is 1.82. The molecule has 2 rings (SSSR count). The average Bonchev–Trinajstić information content (AvgIpc) is 2.40. The number of piperidine rings is 1. The molecule has 1 aromatic heterocycles. The maximum absolute atomic E-state index is 11.5. The number of rotatable bonds is 4. The fourth-order valence-electron chi connectivity index (χ4n) is 1.99. The zero-order chi connectivity index (χ0) is 13.0. The molecule has 1 fully saturated rings. The van der Waals surface area contributed by atoms with Gasteiger partial charge in [-0.1, -0.05) is 0 Å². The third kappa shape index (κ3) is 3.39. The molecule has 0 aromatic carbocycles. The molecule has 2 heterocycles. The molecule has 0 unspecified atom stereocenters. The largest absolute Gasteiger partial charge is 0.341 e. The van der Waals surface area contributed by atoms with Crippen molar-refractivity contribution >= 4 is 16.0 Å². The molecule has 18 heavy (non-hydrogen) atoms. The van der Waals surface area contributed by atoms with Crippen molar-refractivity contribution in [2.45, 2.75) is 25.8 Å². The van der Waals surface area contributed by atoms with E-state index in [-0.39, 0.29) is 11.8 Å². The van der Waals surface area contributed by atoms with Crippen LogP contribution in [-0.2, 0) is 10.0 Å². The van der Waals surface area contributed by atoms with E-state index in [1.807, 2.05) is 0 Å². The lowest BCUT2D eigenvalue weighted by Gasteiger charge is -2.32. The third-order valence-corrected chi connectivity index (χ3v) is 4.51. The molecule has 0 saturated carbocycles. The van der Waals surface area contributed by atoms with E-state index in [1.54, 1.807) is 25.4 Å². The van der Waals surface area contributed by atoms with Crippen molar-refractivity contribution in [3.8, 4) is 0 Å². The van der Waals surface area contributed by atoms with Gasteiger partial charge in [0.05, 0.1) is 5.75 Å². The van der Waals surface area contributed by atoms with Crippen LogP contribution < -0.4 is 9.62 Å². The van der Waals surface area contributed by atoms with E-state index in [0.717, 1.165) is 25.9 Å². The van der Waals surface area contributed by atoms with E-state index < -0.39 is 10.0 Å². The molecule has 0 amide bonds. The van der Waals surface area contributed by atoms with Gasteiger partial charge in [-0.25, -0.2) is 23.1 Å². The van der Waals surface area contributed by atoms with Crippen LogP contribution in [-0.4, -0.2) is 43.3 Å². The Morgan fingerprint density at radius 1 is 1.33 bits per heavy atom. The highest BCUT2D eigenvalue weighted by molar-refractivity contribution is 7.89. The Kier molecular flexibility index (Phi) is 4.13. The standard InChI is InChI=1S/C11H18N4O2S/c1-2-18(16,17)14-10-4-8-15(9-5-10)11-12-6-3-7-13-11/h3,6-7,10,14H,2,4-5,8-9H2,1H3. The quantitative estimate of drug-likeness (QED) is 0.856. The molecule has 100 valence electrons. The fourth-order valence-corrected chi connectivity index (χ4v) is 2.90. The summed E-state index contributed by atoms with van der Waals surface area (Å²) >= 11 is 0. The second-order valence-electron chi connectivity index (χ2n) is 4.33. The minimum absolute atomic E-state index is 0.0370. The van der Waals surface area contributed by atoms with Gasteiger partial charge in [0.15, 0.2) is 0 Å². The van der Waals surface area contributed by atoms with Crippen LogP contribution in [0.2, 0.25) is 0 Å². The molecule has 1 aliphatic rings. The van der Waals surface area contributed by atoms with Crippen molar-refractivity contribution in [3.05, 3.63) is 18.5 Å². The number of hydrogen-bond donors (Lipinski definition) is 1. The van der Waals surface area contributed by atoms with E-state index in [0.29, 0.717) is 5.95 Å². The molecule has 0 bridgehead atoms. The van der Waals surface area contributed by atoms with Gasteiger partial charge >= 0.3 is 0 Å². The average molecular weight is 270 g/mol. The lowest BCUT2D eigenvalue weighted by atomic mass is 10.1. The monoisotopic (exact) mass is 270 g/mol. The highest BCUT2D eigenvalue weighted by atomic mass is 32.2. The van der Waals surface area contributed by atoms with Crippen LogP contribution in [0.15, 0.2) is 18.5 Å². The maximum atomic E-state index is 11.5. The molecule has 0 radical (unpaired) electrons. The normalized spacial score (nSPS) is 17.9. The number of nitrogens with zero attached hydrogens (tertiary/aromatic N) is 3. The molecule has 1 aliphatic heterocycles. The SMILES string of the molecule is CCS(=O)(=O)NC1CCN(c2ncccn2)CC1. The van der Waals surface area contributed by atoms with E-state index >= 15 is 0 Å². The van der Waals surface area contributed by atoms with Gasteiger partial charge in [0.2, 0.25) is 16.0 Å². The van der Waals surface area contributed by atoms with Crippen LogP contribution in [0.25, 0.3) is 0 Å². The van der Waals surface area contributed by atoms with Crippen LogP contribution in [0.3, 0.4) is 0 Å². The van der Waals surface area contributed by atoms with Crippen LogP contribution in [0.1, 0.15) is 19.8 Å². The number of sulfonamides is 1. The van der Waals surface area contributed by atoms with Gasteiger partial charge in [-0.05, 0) is 25.8 Å². The van der Waals surface area contributed by atoms with Crippen LogP contribution in [0.4, 0.5) is 5.95 Å². The second-order valence-corrected chi connectivity index (χ2v) is 6.37. The van der Waals surface area contributed by atoms with Gasteiger partial charge in [-0.2, -0.15) is 0 Å². The number of anilines is 1. The lowest BCUT2D eigenvalue weighted by Crippen LogP contribution is -2.45. The Bertz CT molecular complexity index is 469. The van der Waals surface area contributed by atoms with Gasteiger partial charge in [-0.3, -0.25) is 0 Å². The fraction of sp³-hybridized carbons (Fsp3) is 0.636. The summed E-state index contributed by atoms with van der Waals surface area (Å²) < 4.78 is 25.7. The molecule has 0 spiro atoms. The zero-order valence-corrected chi connectivity index (χ0v) is 11.2. The van der Waals surface area contributed by atoms with Gasteiger partial charge in [0.1, 0.15) is 0 Å². The van der Waals surface area contributed by atoms with Crippen molar-refractivity contribution in [2.24, 2.45) is 0 Å². The van der Waals surface area contributed by atoms with Gasteiger partial charge in [0.25, 0.3) is 0 Å². The lowest BCUT2D eigenvalue weighted by molar-refractivity contribution is 0.456. The highest BCUT2D eigenvalue weighted by Gasteiger charge is 2.23. The number of nitrogens with one attached hydrogen (secondary N) is 1. The van der Waals surface area contributed by atoms with E-state index in [9.17, 15) is 8.42 Å². The predicted molar refractivity (Wildman–Crippen MR) is 69.9 cm³/mol. The van der Waals surface area contributed by atoms with Gasteiger partial charge in [0, 0.05) is 31.5 Å². The van der Waals surface area contributed by atoms with Gasteiger partial charge in [-0.15, -0.1) is 0 Å². The zero-order valence-electron chi connectivity index (χ0n) is 10.4. The first-order chi connectivity index (χ1) is 8.61. The maximum Gasteiger partial charge on any atom is 0.225 e. The molecule has 0 aliphatic carbocycles. The summed E-state index contributed by atoms with van der Waals surface area (Å²) in [6.07, 6.45) is 5.01.